The number of carbonyl (C=O) groups excluding carboxylic acids is 1. The van der Waals surface area contributed by atoms with Crippen molar-refractivity contribution in [1.82, 2.24) is 4.90 Å². The van der Waals surface area contributed by atoms with Crippen LogP contribution in [0.4, 0.5) is 0 Å². The van der Waals surface area contributed by atoms with Gasteiger partial charge in [0.25, 0.3) is 0 Å². The van der Waals surface area contributed by atoms with E-state index in [1.165, 1.54) is 0 Å². The fourth-order valence-corrected chi connectivity index (χ4v) is 4.05. The first kappa shape index (κ1) is 20.7. The standard InChI is InChI=1S/C24H24BrNO4/c1-3-29-22-14-23-20(21(15-30-23)17-5-4-6-18(25)12-17)13-19(22)16(2)11-24(27)26-7-9-28-10-8-26/h4-6,11-15H,3,7-10H2,1-2H3/b16-11+. The van der Waals surface area contributed by atoms with Crippen molar-refractivity contribution in [3.63, 3.8) is 0 Å². The van der Waals surface area contributed by atoms with Crippen molar-refractivity contribution in [2.24, 2.45) is 0 Å². The summed E-state index contributed by atoms with van der Waals surface area (Å²) in [5, 5.41) is 0.984. The van der Waals surface area contributed by atoms with Crippen LogP contribution >= 0.6 is 15.9 Å². The number of fused-ring (bicyclic) bond motifs is 1. The Labute approximate surface area is 184 Å². The number of furan rings is 1. The van der Waals surface area contributed by atoms with E-state index in [2.05, 4.69) is 34.1 Å². The van der Waals surface area contributed by atoms with Crippen molar-refractivity contribution in [2.45, 2.75) is 13.8 Å². The maximum Gasteiger partial charge on any atom is 0.247 e. The molecule has 1 saturated heterocycles. The number of allylic oxidation sites excluding steroid dienone is 1. The maximum absolute atomic E-state index is 12.7. The predicted molar refractivity (Wildman–Crippen MR) is 122 cm³/mol. The quantitative estimate of drug-likeness (QED) is 0.461. The van der Waals surface area contributed by atoms with Crippen LogP contribution in [0.15, 0.2) is 57.6 Å². The zero-order chi connectivity index (χ0) is 21.1. The second-order valence-corrected chi connectivity index (χ2v) is 8.12. The summed E-state index contributed by atoms with van der Waals surface area (Å²) < 4.78 is 18.1. The number of ether oxygens (including phenoxy) is 2. The van der Waals surface area contributed by atoms with Crippen LogP contribution in [0.2, 0.25) is 0 Å². The Balaban J connectivity index is 1.76. The number of benzene rings is 2. The van der Waals surface area contributed by atoms with E-state index in [0.29, 0.717) is 38.7 Å². The number of hydrogen-bond acceptors (Lipinski definition) is 4. The van der Waals surface area contributed by atoms with Gasteiger partial charge in [0.05, 0.1) is 26.1 Å². The Kier molecular flexibility index (Phi) is 6.25. The summed E-state index contributed by atoms with van der Waals surface area (Å²) in [6, 6.07) is 12.1. The zero-order valence-corrected chi connectivity index (χ0v) is 18.7. The second kappa shape index (κ2) is 9.06. The smallest absolute Gasteiger partial charge is 0.247 e. The SMILES string of the molecule is CCOc1cc2occ(-c3cccc(Br)c3)c2cc1/C(C)=C/C(=O)N1CCOCC1. The van der Waals surface area contributed by atoms with E-state index in [9.17, 15) is 4.79 Å². The van der Waals surface area contributed by atoms with Crippen molar-refractivity contribution in [3.8, 4) is 16.9 Å². The molecule has 0 atom stereocenters. The molecule has 0 aliphatic carbocycles. The van der Waals surface area contributed by atoms with Gasteiger partial charge in [0.15, 0.2) is 0 Å². The van der Waals surface area contributed by atoms with Gasteiger partial charge in [-0.05, 0) is 43.2 Å². The molecule has 5 nitrogen and oxygen atoms in total. The van der Waals surface area contributed by atoms with Gasteiger partial charge in [-0.15, -0.1) is 0 Å². The normalized spacial score (nSPS) is 14.9. The zero-order valence-electron chi connectivity index (χ0n) is 17.1. The van der Waals surface area contributed by atoms with E-state index in [-0.39, 0.29) is 5.91 Å². The number of halogens is 1. The molecule has 0 N–H and O–H groups in total. The molecule has 2 aromatic carbocycles. The Morgan fingerprint density at radius 1 is 1.23 bits per heavy atom. The Bertz CT molecular complexity index is 1100. The fraction of sp³-hybridized carbons (Fsp3) is 0.292. The molecule has 0 spiro atoms. The summed E-state index contributed by atoms with van der Waals surface area (Å²) >= 11 is 3.54. The summed E-state index contributed by atoms with van der Waals surface area (Å²) in [6.45, 7) is 6.83. The van der Waals surface area contributed by atoms with Gasteiger partial charge in [-0.1, -0.05) is 28.1 Å². The van der Waals surface area contributed by atoms with Crippen molar-refractivity contribution >= 4 is 38.4 Å². The third-order valence-electron chi connectivity index (χ3n) is 5.20. The van der Waals surface area contributed by atoms with E-state index in [1.807, 2.05) is 36.9 Å². The highest BCUT2D eigenvalue weighted by atomic mass is 79.9. The molecular weight excluding hydrogens is 446 g/mol. The van der Waals surface area contributed by atoms with Crippen molar-refractivity contribution in [2.75, 3.05) is 32.9 Å². The third-order valence-corrected chi connectivity index (χ3v) is 5.69. The molecular formula is C24H24BrNO4. The van der Waals surface area contributed by atoms with Gasteiger partial charge in [0, 0.05) is 46.2 Å². The highest BCUT2D eigenvalue weighted by Crippen LogP contribution is 2.38. The Morgan fingerprint density at radius 3 is 2.77 bits per heavy atom. The molecule has 3 aromatic rings. The number of amides is 1. The Morgan fingerprint density at radius 2 is 2.03 bits per heavy atom. The molecule has 0 unspecified atom stereocenters. The van der Waals surface area contributed by atoms with Gasteiger partial charge in [-0.2, -0.15) is 0 Å². The molecule has 4 rings (SSSR count). The van der Waals surface area contributed by atoms with Gasteiger partial charge < -0.3 is 18.8 Å². The molecule has 1 aromatic heterocycles. The molecule has 0 bridgehead atoms. The number of morpholine rings is 1. The average Bonchev–Trinajstić information content (AvgIpc) is 3.17. The van der Waals surface area contributed by atoms with E-state index < -0.39 is 0 Å². The van der Waals surface area contributed by atoms with Crippen LogP contribution in [0, 0.1) is 0 Å². The molecule has 1 aliphatic heterocycles. The molecule has 1 amide bonds. The lowest BCUT2D eigenvalue weighted by atomic mass is 9.99. The first-order valence-corrected chi connectivity index (χ1v) is 10.9. The second-order valence-electron chi connectivity index (χ2n) is 7.20. The summed E-state index contributed by atoms with van der Waals surface area (Å²) in [5.41, 5.74) is 4.57. The molecule has 0 saturated carbocycles. The van der Waals surface area contributed by atoms with Gasteiger partial charge in [0.1, 0.15) is 11.3 Å². The lowest BCUT2D eigenvalue weighted by molar-refractivity contribution is -0.129. The van der Waals surface area contributed by atoms with Crippen molar-refractivity contribution in [1.29, 1.82) is 0 Å². The Hall–Kier alpha value is -2.57. The van der Waals surface area contributed by atoms with Crippen molar-refractivity contribution < 1.29 is 18.7 Å². The molecule has 156 valence electrons. The molecule has 1 aliphatic rings. The van der Waals surface area contributed by atoms with Crippen LogP contribution < -0.4 is 4.74 Å². The number of rotatable bonds is 5. The van der Waals surface area contributed by atoms with Gasteiger partial charge in [0.2, 0.25) is 5.91 Å². The molecule has 0 radical (unpaired) electrons. The molecule has 2 heterocycles. The van der Waals surface area contributed by atoms with Crippen LogP contribution in [0.25, 0.3) is 27.7 Å². The van der Waals surface area contributed by atoms with Crippen LogP contribution in [0.5, 0.6) is 5.75 Å². The first-order chi connectivity index (χ1) is 14.6. The maximum atomic E-state index is 12.7. The average molecular weight is 470 g/mol. The largest absolute Gasteiger partial charge is 0.493 e. The van der Waals surface area contributed by atoms with Crippen LogP contribution in [-0.2, 0) is 9.53 Å². The highest BCUT2D eigenvalue weighted by molar-refractivity contribution is 9.10. The third kappa shape index (κ3) is 4.30. The predicted octanol–water partition coefficient (Wildman–Crippen LogP) is 5.52. The first-order valence-electron chi connectivity index (χ1n) is 10.1. The minimum atomic E-state index is -0.00208. The number of hydrogen-bond donors (Lipinski definition) is 0. The monoisotopic (exact) mass is 469 g/mol. The minimum absolute atomic E-state index is 0.00208. The summed E-state index contributed by atoms with van der Waals surface area (Å²) in [7, 11) is 0. The molecule has 6 heteroatoms. The van der Waals surface area contributed by atoms with Crippen LogP contribution in [-0.4, -0.2) is 43.7 Å². The van der Waals surface area contributed by atoms with E-state index in [0.717, 1.165) is 37.7 Å². The molecule has 30 heavy (non-hydrogen) atoms. The fourth-order valence-electron chi connectivity index (χ4n) is 3.66. The highest BCUT2D eigenvalue weighted by Gasteiger charge is 2.18. The van der Waals surface area contributed by atoms with E-state index in [1.54, 1.807) is 12.3 Å². The summed E-state index contributed by atoms with van der Waals surface area (Å²) in [6.07, 6.45) is 3.46. The van der Waals surface area contributed by atoms with E-state index in [4.69, 9.17) is 13.9 Å². The van der Waals surface area contributed by atoms with Gasteiger partial charge >= 0.3 is 0 Å². The minimum Gasteiger partial charge on any atom is -0.493 e. The topological polar surface area (TPSA) is 51.9 Å². The van der Waals surface area contributed by atoms with Crippen LogP contribution in [0.1, 0.15) is 19.4 Å². The molecule has 1 fully saturated rings. The lowest BCUT2D eigenvalue weighted by Gasteiger charge is -2.26. The van der Waals surface area contributed by atoms with Gasteiger partial charge in [-0.3, -0.25) is 4.79 Å². The van der Waals surface area contributed by atoms with E-state index >= 15 is 0 Å². The summed E-state index contributed by atoms with van der Waals surface area (Å²) in [4.78, 5) is 14.5. The number of carbonyl (C=O) groups is 1. The lowest BCUT2D eigenvalue weighted by Crippen LogP contribution is -2.39. The van der Waals surface area contributed by atoms with Gasteiger partial charge in [-0.25, -0.2) is 0 Å². The van der Waals surface area contributed by atoms with Crippen LogP contribution in [0.3, 0.4) is 0 Å². The number of nitrogens with zero attached hydrogens (tertiary/aromatic N) is 1. The van der Waals surface area contributed by atoms with Crippen molar-refractivity contribution in [3.05, 3.63) is 58.8 Å². The summed E-state index contributed by atoms with van der Waals surface area (Å²) in [5.74, 6) is 0.710.